The molecule has 0 radical (unpaired) electrons. The molecule has 0 fully saturated rings. The van der Waals surface area contributed by atoms with E-state index in [1.165, 1.54) is 13.2 Å². The Labute approximate surface area is 156 Å². The standard InChI is InChI=1S/C20H19ClO5/c1-11-6-17(25-9-13-4-5-15(22)8-16(13)21)12(2)20-19(11)14(10-26-20)7-18(23)24-3/h4-6,8,10,22H,7,9H2,1-3H3. The molecule has 0 unspecified atom stereocenters. The second-order valence-electron chi connectivity index (χ2n) is 6.10. The van der Waals surface area contributed by atoms with Crippen molar-refractivity contribution >= 4 is 28.5 Å². The quantitative estimate of drug-likeness (QED) is 0.655. The molecule has 0 saturated heterocycles. The Kier molecular flexibility index (Phi) is 5.09. The van der Waals surface area contributed by atoms with Crippen LogP contribution < -0.4 is 4.74 Å². The number of esters is 1. The van der Waals surface area contributed by atoms with Gasteiger partial charge in [-0.1, -0.05) is 17.7 Å². The van der Waals surface area contributed by atoms with E-state index in [1.54, 1.807) is 18.4 Å². The van der Waals surface area contributed by atoms with Gasteiger partial charge in [-0.15, -0.1) is 0 Å². The predicted molar refractivity (Wildman–Crippen MR) is 98.9 cm³/mol. The van der Waals surface area contributed by atoms with E-state index in [9.17, 15) is 9.90 Å². The lowest BCUT2D eigenvalue weighted by Crippen LogP contribution is -2.04. The van der Waals surface area contributed by atoms with Crippen molar-refractivity contribution in [3.63, 3.8) is 0 Å². The highest BCUT2D eigenvalue weighted by Crippen LogP contribution is 2.35. The number of phenolic OH excluding ortho intramolecular Hbond substituents is 1. The number of rotatable bonds is 5. The van der Waals surface area contributed by atoms with Gasteiger partial charge in [-0.05, 0) is 37.6 Å². The minimum absolute atomic E-state index is 0.112. The molecule has 6 heteroatoms. The Morgan fingerprint density at radius 2 is 2.00 bits per heavy atom. The van der Waals surface area contributed by atoms with Crippen LogP contribution in [0.4, 0.5) is 0 Å². The molecular weight excluding hydrogens is 356 g/mol. The summed E-state index contributed by atoms with van der Waals surface area (Å²) in [4.78, 5) is 11.6. The maximum atomic E-state index is 11.6. The molecule has 0 amide bonds. The van der Waals surface area contributed by atoms with E-state index in [2.05, 4.69) is 0 Å². The highest BCUT2D eigenvalue weighted by molar-refractivity contribution is 6.31. The van der Waals surface area contributed by atoms with Crippen LogP contribution in [0.15, 0.2) is 34.9 Å². The number of phenols is 1. The van der Waals surface area contributed by atoms with Gasteiger partial charge < -0.3 is 19.0 Å². The van der Waals surface area contributed by atoms with E-state index in [-0.39, 0.29) is 24.7 Å². The number of hydrogen-bond donors (Lipinski definition) is 1. The minimum atomic E-state index is -0.313. The number of benzene rings is 2. The average Bonchev–Trinajstić information content (AvgIpc) is 3.02. The maximum Gasteiger partial charge on any atom is 0.310 e. The first-order valence-corrected chi connectivity index (χ1v) is 8.45. The smallest absolute Gasteiger partial charge is 0.310 e. The first kappa shape index (κ1) is 18.1. The fourth-order valence-corrected chi connectivity index (χ4v) is 3.14. The van der Waals surface area contributed by atoms with E-state index in [0.29, 0.717) is 16.4 Å². The Hall–Kier alpha value is -2.66. The van der Waals surface area contributed by atoms with Gasteiger partial charge in [-0.25, -0.2) is 0 Å². The molecule has 3 aromatic rings. The zero-order chi connectivity index (χ0) is 18.8. The number of furan rings is 1. The van der Waals surface area contributed by atoms with E-state index in [1.807, 2.05) is 19.9 Å². The molecule has 5 nitrogen and oxygen atoms in total. The Morgan fingerprint density at radius 1 is 1.23 bits per heavy atom. The van der Waals surface area contributed by atoms with Crippen LogP contribution in [0.1, 0.15) is 22.3 Å². The third-order valence-corrected chi connectivity index (χ3v) is 4.65. The van der Waals surface area contributed by atoms with Crippen LogP contribution in [-0.2, 0) is 22.6 Å². The molecule has 2 aromatic carbocycles. The van der Waals surface area contributed by atoms with Crippen LogP contribution in [0.3, 0.4) is 0 Å². The fourth-order valence-electron chi connectivity index (χ4n) is 2.91. The van der Waals surface area contributed by atoms with Crippen molar-refractivity contribution in [1.29, 1.82) is 0 Å². The monoisotopic (exact) mass is 374 g/mol. The highest BCUT2D eigenvalue weighted by atomic mass is 35.5. The summed E-state index contributed by atoms with van der Waals surface area (Å²) in [6, 6.07) is 6.69. The van der Waals surface area contributed by atoms with E-state index in [0.717, 1.165) is 27.6 Å². The van der Waals surface area contributed by atoms with Gasteiger partial charge in [0.05, 0.1) is 24.8 Å². The third kappa shape index (κ3) is 3.48. The van der Waals surface area contributed by atoms with Crippen molar-refractivity contribution in [3.8, 4) is 11.5 Å². The Morgan fingerprint density at radius 3 is 2.69 bits per heavy atom. The number of fused-ring (bicyclic) bond motifs is 1. The number of carbonyl (C=O) groups is 1. The van der Waals surface area contributed by atoms with Crippen LogP contribution in [-0.4, -0.2) is 18.2 Å². The number of aromatic hydroxyl groups is 1. The number of ether oxygens (including phenoxy) is 2. The summed E-state index contributed by atoms with van der Waals surface area (Å²) in [5, 5.41) is 10.8. The Bertz CT molecular complexity index is 974. The molecule has 26 heavy (non-hydrogen) atoms. The maximum absolute atomic E-state index is 11.6. The number of methoxy groups -OCH3 is 1. The van der Waals surface area contributed by atoms with Crippen molar-refractivity contribution < 1.29 is 23.8 Å². The zero-order valence-electron chi connectivity index (χ0n) is 14.8. The number of hydrogen-bond acceptors (Lipinski definition) is 5. The topological polar surface area (TPSA) is 68.9 Å². The second kappa shape index (κ2) is 7.30. The molecule has 1 aromatic heterocycles. The summed E-state index contributed by atoms with van der Waals surface area (Å²) >= 11 is 6.13. The first-order valence-electron chi connectivity index (χ1n) is 8.08. The SMILES string of the molecule is COC(=O)Cc1coc2c(C)c(OCc3ccc(O)cc3Cl)cc(C)c12. The molecule has 0 bridgehead atoms. The van der Waals surface area contributed by atoms with Gasteiger partial charge in [-0.2, -0.15) is 0 Å². The number of halogens is 1. The lowest BCUT2D eigenvalue weighted by molar-refractivity contribution is -0.139. The lowest BCUT2D eigenvalue weighted by atomic mass is 10.0. The zero-order valence-corrected chi connectivity index (χ0v) is 15.5. The van der Waals surface area contributed by atoms with Crippen LogP contribution in [0.5, 0.6) is 11.5 Å². The molecule has 1 heterocycles. The summed E-state index contributed by atoms with van der Waals surface area (Å²) in [7, 11) is 1.36. The number of aryl methyl sites for hydroxylation is 2. The first-order chi connectivity index (χ1) is 12.4. The van der Waals surface area contributed by atoms with Gasteiger partial charge in [0.15, 0.2) is 0 Å². The summed E-state index contributed by atoms with van der Waals surface area (Å²) in [6.07, 6.45) is 1.75. The van der Waals surface area contributed by atoms with Crippen LogP contribution in [0.2, 0.25) is 5.02 Å². The summed E-state index contributed by atoms with van der Waals surface area (Å²) < 4.78 is 16.4. The van der Waals surface area contributed by atoms with Crippen molar-refractivity contribution in [2.45, 2.75) is 26.9 Å². The largest absolute Gasteiger partial charge is 0.508 e. The van der Waals surface area contributed by atoms with Crippen LogP contribution >= 0.6 is 11.6 Å². The van der Waals surface area contributed by atoms with Gasteiger partial charge >= 0.3 is 5.97 Å². The summed E-state index contributed by atoms with van der Waals surface area (Å²) in [5.74, 6) is 0.478. The molecule has 0 spiro atoms. The van der Waals surface area contributed by atoms with Gasteiger partial charge in [0.1, 0.15) is 23.7 Å². The molecule has 0 aliphatic carbocycles. The predicted octanol–water partition coefficient (Wildman–Crippen LogP) is 4.70. The molecule has 3 rings (SSSR count). The van der Waals surface area contributed by atoms with Crippen LogP contribution in [0, 0.1) is 13.8 Å². The van der Waals surface area contributed by atoms with Crippen molar-refractivity contribution in [3.05, 3.63) is 57.8 Å². The second-order valence-corrected chi connectivity index (χ2v) is 6.51. The van der Waals surface area contributed by atoms with Crippen molar-refractivity contribution in [2.24, 2.45) is 0 Å². The van der Waals surface area contributed by atoms with E-state index < -0.39 is 0 Å². The van der Waals surface area contributed by atoms with Gasteiger partial charge in [0, 0.05) is 22.1 Å². The van der Waals surface area contributed by atoms with E-state index in [4.69, 9.17) is 25.5 Å². The molecule has 0 atom stereocenters. The number of carbonyl (C=O) groups excluding carboxylic acids is 1. The fraction of sp³-hybridized carbons (Fsp3) is 0.250. The summed E-state index contributed by atoms with van der Waals surface area (Å²) in [5.41, 5.74) is 4.05. The minimum Gasteiger partial charge on any atom is -0.508 e. The summed E-state index contributed by atoms with van der Waals surface area (Å²) in [6.45, 7) is 4.11. The van der Waals surface area contributed by atoms with Crippen molar-refractivity contribution in [1.82, 2.24) is 0 Å². The van der Waals surface area contributed by atoms with Gasteiger partial charge in [0.25, 0.3) is 0 Å². The van der Waals surface area contributed by atoms with Crippen LogP contribution in [0.25, 0.3) is 11.0 Å². The lowest BCUT2D eigenvalue weighted by Gasteiger charge is -2.12. The van der Waals surface area contributed by atoms with Gasteiger partial charge in [0.2, 0.25) is 0 Å². The normalized spacial score (nSPS) is 10.9. The average molecular weight is 375 g/mol. The Balaban J connectivity index is 1.90. The van der Waals surface area contributed by atoms with Crippen molar-refractivity contribution in [2.75, 3.05) is 7.11 Å². The third-order valence-electron chi connectivity index (χ3n) is 4.30. The molecule has 1 N–H and O–H groups in total. The highest BCUT2D eigenvalue weighted by Gasteiger charge is 2.17. The molecule has 0 aliphatic rings. The van der Waals surface area contributed by atoms with E-state index >= 15 is 0 Å². The van der Waals surface area contributed by atoms with Gasteiger partial charge in [-0.3, -0.25) is 4.79 Å². The molecular formula is C20H19ClO5. The molecule has 0 aliphatic heterocycles. The molecule has 0 saturated carbocycles. The molecule has 136 valence electrons.